The van der Waals surface area contributed by atoms with Crippen LogP contribution in [0.2, 0.25) is 0 Å². The summed E-state index contributed by atoms with van der Waals surface area (Å²) in [5.41, 5.74) is 0.551. The molecule has 0 bridgehead atoms. The lowest BCUT2D eigenvalue weighted by atomic mass is 9.98. The first-order chi connectivity index (χ1) is 8.69. The highest BCUT2D eigenvalue weighted by Crippen LogP contribution is 2.29. The van der Waals surface area contributed by atoms with E-state index < -0.39 is 17.2 Å². The molecule has 1 heterocycles. The number of nitriles is 1. The van der Waals surface area contributed by atoms with Crippen LogP contribution in [0.1, 0.15) is 18.1 Å². The molecule has 0 amide bonds. The number of benzene rings is 1. The number of nitrogens with zero attached hydrogens (tertiary/aromatic N) is 2. The molecule has 0 aliphatic heterocycles. The van der Waals surface area contributed by atoms with E-state index >= 15 is 0 Å². The quantitative estimate of drug-likeness (QED) is 0.811. The SMILES string of the molecule is CCc1cc(F)c(C#N)c(F)c1-c1ccccn1. The normalized spacial score (nSPS) is 10.1. The minimum absolute atomic E-state index is 0.205. The molecule has 4 heteroatoms. The lowest BCUT2D eigenvalue weighted by Gasteiger charge is -2.10. The Morgan fingerprint density at radius 3 is 2.67 bits per heavy atom. The van der Waals surface area contributed by atoms with Crippen LogP contribution in [-0.2, 0) is 6.42 Å². The second kappa shape index (κ2) is 4.92. The molecule has 18 heavy (non-hydrogen) atoms. The van der Waals surface area contributed by atoms with Gasteiger partial charge in [-0.05, 0) is 30.2 Å². The lowest BCUT2D eigenvalue weighted by Crippen LogP contribution is -2.00. The zero-order valence-corrected chi connectivity index (χ0v) is 9.74. The van der Waals surface area contributed by atoms with Crippen LogP contribution in [0.4, 0.5) is 8.78 Å². The van der Waals surface area contributed by atoms with Gasteiger partial charge in [-0.15, -0.1) is 0 Å². The number of aromatic nitrogens is 1. The third-order valence-corrected chi connectivity index (χ3v) is 2.71. The van der Waals surface area contributed by atoms with Gasteiger partial charge in [-0.2, -0.15) is 5.26 Å². The number of aryl methyl sites for hydroxylation is 1. The third-order valence-electron chi connectivity index (χ3n) is 2.71. The van der Waals surface area contributed by atoms with Crippen molar-refractivity contribution >= 4 is 0 Å². The first-order valence-electron chi connectivity index (χ1n) is 5.51. The van der Waals surface area contributed by atoms with Crippen molar-refractivity contribution in [2.45, 2.75) is 13.3 Å². The van der Waals surface area contributed by atoms with Crippen molar-refractivity contribution in [1.82, 2.24) is 4.98 Å². The topological polar surface area (TPSA) is 36.7 Å². The fraction of sp³-hybridized carbons (Fsp3) is 0.143. The van der Waals surface area contributed by atoms with Gasteiger partial charge in [0.25, 0.3) is 0 Å². The summed E-state index contributed by atoms with van der Waals surface area (Å²) in [6.45, 7) is 1.80. The van der Waals surface area contributed by atoms with E-state index in [0.717, 1.165) is 0 Å². The molecule has 0 fully saturated rings. The van der Waals surface area contributed by atoms with Crippen LogP contribution >= 0.6 is 0 Å². The van der Waals surface area contributed by atoms with Crippen molar-refractivity contribution in [2.24, 2.45) is 0 Å². The van der Waals surface area contributed by atoms with Crippen molar-refractivity contribution in [1.29, 1.82) is 5.26 Å². The number of rotatable bonds is 2. The Morgan fingerprint density at radius 1 is 1.33 bits per heavy atom. The van der Waals surface area contributed by atoms with Crippen LogP contribution in [0.25, 0.3) is 11.3 Å². The molecular weight excluding hydrogens is 234 g/mol. The highest BCUT2D eigenvalue weighted by molar-refractivity contribution is 5.67. The fourth-order valence-electron chi connectivity index (χ4n) is 1.84. The van der Waals surface area contributed by atoms with E-state index in [2.05, 4.69) is 4.98 Å². The Bertz CT molecular complexity index is 616. The molecule has 0 N–H and O–H groups in total. The molecule has 1 aromatic carbocycles. The molecule has 0 radical (unpaired) electrons. The lowest BCUT2D eigenvalue weighted by molar-refractivity contribution is 0.576. The standard InChI is InChI=1S/C14H10F2N2/c1-2-9-7-11(15)10(8-17)14(16)13(9)12-5-3-4-6-18-12/h3-7H,2H2,1H3. The van der Waals surface area contributed by atoms with Gasteiger partial charge < -0.3 is 0 Å². The van der Waals surface area contributed by atoms with Gasteiger partial charge in [0.15, 0.2) is 5.82 Å². The Labute approximate surface area is 104 Å². The molecule has 2 rings (SSSR count). The Morgan fingerprint density at radius 2 is 2.11 bits per heavy atom. The van der Waals surface area contributed by atoms with Crippen LogP contribution < -0.4 is 0 Å². The van der Waals surface area contributed by atoms with Crippen molar-refractivity contribution in [3.63, 3.8) is 0 Å². The van der Waals surface area contributed by atoms with Gasteiger partial charge in [0.1, 0.15) is 17.4 Å². The molecular formula is C14H10F2N2. The van der Waals surface area contributed by atoms with E-state index in [1.165, 1.54) is 12.3 Å². The number of halogens is 2. The Hall–Kier alpha value is -2.28. The minimum Gasteiger partial charge on any atom is -0.256 e. The van der Waals surface area contributed by atoms with Crippen molar-refractivity contribution in [2.75, 3.05) is 0 Å². The monoisotopic (exact) mass is 244 g/mol. The molecule has 1 aromatic heterocycles. The Balaban J connectivity index is 2.78. The van der Waals surface area contributed by atoms with Crippen LogP contribution in [-0.4, -0.2) is 4.98 Å². The highest BCUT2D eigenvalue weighted by atomic mass is 19.1. The predicted octanol–water partition coefficient (Wildman–Crippen LogP) is 3.46. The summed E-state index contributed by atoms with van der Waals surface area (Å²) in [6.07, 6.45) is 2.00. The summed E-state index contributed by atoms with van der Waals surface area (Å²) >= 11 is 0. The maximum Gasteiger partial charge on any atom is 0.153 e. The van der Waals surface area contributed by atoms with Gasteiger partial charge in [0.2, 0.25) is 0 Å². The highest BCUT2D eigenvalue weighted by Gasteiger charge is 2.19. The molecule has 2 nitrogen and oxygen atoms in total. The van der Waals surface area contributed by atoms with Gasteiger partial charge in [0.05, 0.1) is 5.69 Å². The Kier molecular flexibility index (Phi) is 3.33. The number of hydrogen-bond donors (Lipinski definition) is 0. The van der Waals surface area contributed by atoms with Gasteiger partial charge >= 0.3 is 0 Å². The van der Waals surface area contributed by atoms with Crippen LogP contribution in [0.3, 0.4) is 0 Å². The van der Waals surface area contributed by atoms with Gasteiger partial charge in [-0.3, -0.25) is 4.98 Å². The van der Waals surface area contributed by atoms with Crippen molar-refractivity contribution in [3.8, 4) is 17.3 Å². The first kappa shape index (κ1) is 12.2. The van der Waals surface area contributed by atoms with Gasteiger partial charge in [-0.25, -0.2) is 8.78 Å². The zero-order chi connectivity index (χ0) is 13.1. The predicted molar refractivity (Wildman–Crippen MR) is 63.7 cm³/mol. The smallest absolute Gasteiger partial charge is 0.153 e. The minimum atomic E-state index is -0.840. The largest absolute Gasteiger partial charge is 0.256 e. The van der Waals surface area contributed by atoms with E-state index in [1.807, 2.05) is 0 Å². The van der Waals surface area contributed by atoms with Crippen LogP contribution in [0.15, 0.2) is 30.5 Å². The van der Waals surface area contributed by atoms with Crippen LogP contribution in [0.5, 0.6) is 0 Å². The van der Waals surface area contributed by atoms with E-state index in [0.29, 0.717) is 17.7 Å². The van der Waals surface area contributed by atoms with E-state index in [1.54, 1.807) is 31.2 Å². The van der Waals surface area contributed by atoms with Gasteiger partial charge in [-0.1, -0.05) is 13.0 Å². The number of pyridine rings is 1. The second-order valence-electron chi connectivity index (χ2n) is 3.76. The zero-order valence-electron chi connectivity index (χ0n) is 9.74. The van der Waals surface area contributed by atoms with E-state index in [9.17, 15) is 8.78 Å². The van der Waals surface area contributed by atoms with Crippen LogP contribution in [0, 0.1) is 23.0 Å². The molecule has 0 unspecified atom stereocenters. The maximum absolute atomic E-state index is 14.2. The average molecular weight is 244 g/mol. The molecule has 0 saturated heterocycles. The molecule has 0 aliphatic rings. The third kappa shape index (κ3) is 1.95. The maximum atomic E-state index is 14.2. The summed E-state index contributed by atoms with van der Waals surface area (Å²) in [4.78, 5) is 4.05. The summed E-state index contributed by atoms with van der Waals surface area (Å²) in [5.74, 6) is -1.67. The molecule has 0 spiro atoms. The number of hydrogen-bond acceptors (Lipinski definition) is 2. The molecule has 0 aliphatic carbocycles. The summed E-state index contributed by atoms with van der Waals surface area (Å²) < 4.78 is 27.7. The summed E-state index contributed by atoms with van der Waals surface area (Å²) in [7, 11) is 0. The van der Waals surface area contributed by atoms with Crippen molar-refractivity contribution < 1.29 is 8.78 Å². The second-order valence-corrected chi connectivity index (χ2v) is 3.76. The van der Waals surface area contributed by atoms with Crippen molar-refractivity contribution in [3.05, 3.63) is 53.2 Å². The summed E-state index contributed by atoms with van der Waals surface area (Å²) in [5, 5.41) is 8.78. The summed E-state index contributed by atoms with van der Waals surface area (Å²) in [6, 6.07) is 7.81. The molecule has 90 valence electrons. The average Bonchev–Trinajstić information content (AvgIpc) is 2.39. The van der Waals surface area contributed by atoms with E-state index in [4.69, 9.17) is 5.26 Å². The molecule has 0 atom stereocenters. The fourth-order valence-corrected chi connectivity index (χ4v) is 1.84. The first-order valence-corrected chi connectivity index (χ1v) is 5.51. The molecule has 2 aromatic rings. The van der Waals surface area contributed by atoms with E-state index in [-0.39, 0.29) is 5.56 Å². The van der Waals surface area contributed by atoms with Gasteiger partial charge in [0, 0.05) is 11.8 Å². The molecule has 0 saturated carbocycles.